The minimum absolute atomic E-state index is 0.251. The van der Waals surface area contributed by atoms with Crippen molar-refractivity contribution in [2.24, 2.45) is 0 Å². The Labute approximate surface area is 137 Å². The van der Waals surface area contributed by atoms with Crippen LogP contribution in [0.5, 0.6) is 0 Å². The molecular weight excluding hydrogens is 314 g/mol. The highest BCUT2D eigenvalue weighted by atomic mass is 32.1. The predicted molar refractivity (Wildman–Crippen MR) is 87.1 cm³/mol. The Morgan fingerprint density at radius 2 is 2.13 bits per heavy atom. The third kappa shape index (κ3) is 3.32. The normalized spacial score (nSPS) is 18.0. The molecule has 8 heteroatoms. The van der Waals surface area contributed by atoms with Crippen LogP contribution in [0.3, 0.4) is 0 Å². The van der Waals surface area contributed by atoms with Crippen LogP contribution in [0.1, 0.15) is 34.3 Å². The summed E-state index contributed by atoms with van der Waals surface area (Å²) < 4.78 is 5.35. The van der Waals surface area contributed by atoms with E-state index in [0.717, 1.165) is 23.8 Å². The first kappa shape index (κ1) is 14.5. The molecule has 23 heavy (non-hydrogen) atoms. The maximum atomic E-state index is 12.4. The van der Waals surface area contributed by atoms with Crippen molar-refractivity contribution in [1.82, 2.24) is 15.2 Å². The zero-order valence-electron chi connectivity index (χ0n) is 12.6. The number of hydrogen-bond donors (Lipinski definition) is 1. The highest BCUT2D eigenvalue weighted by Gasteiger charge is 2.28. The van der Waals surface area contributed by atoms with Gasteiger partial charge in [0.05, 0.1) is 13.2 Å². The number of nitrogens with zero attached hydrogens (tertiary/aromatic N) is 4. The topological polar surface area (TPSA) is 80.2 Å². The van der Waals surface area contributed by atoms with Crippen LogP contribution in [0.2, 0.25) is 0 Å². The maximum Gasteiger partial charge on any atom is 0.276 e. The molecule has 1 N–H and O–H groups in total. The number of aromatic nitrogens is 3. The lowest BCUT2D eigenvalue weighted by atomic mass is 10.2. The Morgan fingerprint density at radius 1 is 1.30 bits per heavy atom. The molecule has 0 aromatic carbocycles. The van der Waals surface area contributed by atoms with E-state index in [1.807, 2.05) is 12.1 Å². The number of amides is 1. The Hall–Kier alpha value is -2.06. The second-order valence-electron chi connectivity index (χ2n) is 5.67. The third-order valence-electron chi connectivity index (χ3n) is 3.94. The molecule has 3 heterocycles. The van der Waals surface area contributed by atoms with Crippen LogP contribution >= 0.6 is 11.3 Å². The van der Waals surface area contributed by atoms with Crippen LogP contribution in [0, 0.1) is 0 Å². The first-order valence-corrected chi connectivity index (χ1v) is 8.55. The SMILES string of the molecule is O=C(Nc1nnc(C2CC2)s1)c1cc(N2CCOCC2)ccn1. The van der Waals surface area contributed by atoms with E-state index in [1.54, 1.807) is 6.20 Å². The van der Waals surface area contributed by atoms with Crippen molar-refractivity contribution in [1.29, 1.82) is 0 Å². The van der Waals surface area contributed by atoms with Crippen LogP contribution < -0.4 is 10.2 Å². The van der Waals surface area contributed by atoms with Gasteiger partial charge in [-0.05, 0) is 25.0 Å². The summed E-state index contributed by atoms with van der Waals surface area (Å²) in [5.74, 6) is 0.291. The Bertz CT molecular complexity index is 709. The van der Waals surface area contributed by atoms with E-state index in [0.29, 0.717) is 30.0 Å². The molecule has 1 saturated carbocycles. The van der Waals surface area contributed by atoms with Crippen molar-refractivity contribution in [3.63, 3.8) is 0 Å². The van der Waals surface area contributed by atoms with Gasteiger partial charge in [0.25, 0.3) is 5.91 Å². The molecule has 2 aliphatic rings. The van der Waals surface area contributed by atoms with Gasteiger partial charge in [-0.25, -0.2) is 0 Å². The molecule has 0 bridgehead atoms. The van der Waals surface area contributed by atoms with Gasteiger partial charge < -0.3 is 9.64 Å². The van der Waals surface area contributed by atoms with Gasteiger partial charge in [-0.3, -0.25) is 15.1 Å². The number of carbonyl (C=O) groups excluding carboxylic acids is 1. The van der Waals surface area contributed by atoms with E-state index in [2.05, 4.69) is 25.4 Å². The largest absolute Gasteiger partial charge is 0.378 e. The second kappa shape index (κ2) is 6.21. The number of hydrogen-bond acceptors (Lipinski definition) is 7. The minimum atomic E-state index is -0.251. The summed E-state index contributed by atoms with van der Waals surface area (Å²) in [6.45, 7) is 3.07. The molecule has 2 aromatic heterocycles. The zero-order valence-corrected chi connectivity index (χ0v) is 13.4. The quantitative estimate of drug-likeness (QED) is 0.922. The van der Waals surface area contributed by atoms with Gasteiger partial charge in [-0.2, -0.15) is 0 Å². The average Bonchev–Trinajstić information content (AvgIpc) is 3.36. The number of carbonyl (C=O) groups is 1. The van der Waals surface area contributed by atoms with Crippen molar-refractivity contribution in [3.05, 3.63) is 29.0 Å². The smallest absolute Gasteiger partial charge is 0.276 e. The van der Waals surface area contributed by atoms with Crippen LogP contribution in [-0.2, 0) is 4.74 Å². The van der Waals surface area contributed by atoms with Gasteiger partial charge in [0.15, 0.2) is 0 Å². The molecule has 1 amide bonds. The van der Waals surface area contributed by atoms with Gasteiger partial charge in [0.1, 0.15) is 10.7 Å². The van der Waals surface area contributed by atoms with Gasteiger partial charge in [0.2, 0.25) is 5.13 Å². The summed E-state index contributed by atoms with van der Waals surface area (Å²) in [6, 6.07) is 3.72. The monoisotopic (exact) mass is 331 g/mol. The molecule has 0 unspecified atom stereocenters. The van der Waals surface area contributed by atoms with Crippen molar-refractivity contribution in [2.45, 2.75) is 18.8 Å². The van der Waals surface area contributed by atoms with Crippen LogP contribution in [-0.4, -0.2) is 47.4 Å². The maximum absolute atomic E-state index is 12.4. The average molecular weight is 331 g/mol. The number of morpholine rings is 1. The third-order valence-corrected chi connectivity index (χ3v) is 4.94. The standard InChI is InChI=1S/C15H17N5O2S/c21-13(17-15-19-18-14(23-15)10-1-2-10)12-9-11(3-4-16-12)20-5-7-22-8-6-20/h3-4,9-10H,1-2,5-8H2,(H,17,19,21). The minimum Gasteiger partial charge on any atom is -0.378 e. The number of pyridine rings is 1. The van der Waals surface area contributed by atoms with E-state index in [9.17, 15) is 4.79 Å². The number of ether oxygens (including phenoxy) is 1. The molecule has 1 aliphatic carbocycles. The molecular formula is C15H17N5O2S. The van der Waals surface area contributed by atoms with E-state index < -0.39 is 0 Å². The van der Waals surface area contributed by atoms with Gasteiger partial charge in [-0.15, -0.1) is 10.2 Å². The summed E-state index contributed by atoms with van der Waals surface area (Å²) >= 11 is 1.45. The van der Waals surface area contributed by atoms with Crippen molar-refractivity contribution >= 4 is 28.1 Å². The molecule has 0 spiro atoms. The molecule has 7 nitrogen and oxygen atoms in total. The molecule has 0 atom stereocenters. The summed E-state index contributed by atoms with van der Waals surface area (Å²) in [7, 11) is 0. The van der Waals surface area contributed by atoms with Crippen LogP contribution in [0.15, 0.2) is 18.3 Å². The van der Waals surface area contributed by atoms with Gasteiger partial charge >= 0.3 is 0 Å². The summed E-state index contributed by atoms with van der Waals surface area (Å²) in [6.07, 6.45) is 4.01. The van der Waals surface area contributed by atoms with E-state index in [1.165, 1.54) is 24.2 Å². The van der Waals surface area contributed by atoms with Crippen LogP contribution in [0.4, 0.5) is 10.8 Å². The predicted octanol–water partition coefficient (Wildman–Crippen LogP) is 1.90. The lowest BCUT2D eigenvalue weighted by Crippen LogP contribution is -2.36. The summed E-state index contributed by atoms with van der Waals surface area (Å²) in [5, 5.41) is 12.5. The van der Waals surface area contributed by atoms with E-state index in [4.69, 9.17) is 4.74 Å². The van der Waals surface area contributed by atoms with E-state index >= 15 is 0 Å². The van der Waals surface area contributed by atoms with E-state index in [-0.39, 0.29) is 5.91 Å². The molecule has 1 aliphatic heterocycles. The Balaban J connectivity index is 1.46. The molecule has 2 fully saturated rings. The Morgan fingerprint density at radius 3 is 2.91 bits per heavy atom. The lowest BCUT2D eigenvalue weighted by Gasteiger charge is -2.28. The molecule has 4 rings (SSSR count). The first-order valence-electron chi connectivity index (χ1n) is 7.73. The highest BCUT2D eigenvalue weighted by Crippen LogP contribution is 2.42. The summed E-state index contributed by atoms with van der Waals surface area (Å²) in [5.41, 5.74) is 1.38. The van der Waals surface area contributed by atoms with Crippen LogP contribution in [0.25, 0.3) is 0 Å². The number of anilines is 2. The number of rotatable bonds is 4. The van der Waals surface area contributed by atoms with Crippen molar-refractivity contribution in [2.75, 3.05) is 36.5 Å². The van der Waals surface area contributed by atoms with Gasteiger partial charge in [-0.1, -0.05) is 11.3 Å². The van der Waals surface area contributed by atoms with Crippen molar-refractivity contribution < 1.29 is 9.53 Å². The molecule has 2 aromatic rings. The molecule has 120 valence electrons. The molecule has 1 saturated heterocycles. The Kier molecular flexibility index (Phi) is 3.92. The fraction of sp³-hybridized carbons (Fsp3) is 0.467. The lowest BCUT2D eigenvalue weighted by molar-refractivity contribution is 0.102. The number of nitrogens with one attached hydrogen (secondary N) is 1. The first-order chi connectivity index (χ1) is 11.3. The fourth-order valence-corrected chi connectivity index (χ4v) is 3.41. The molecule has 0 radical (unpaired) electrons. The zero-order chi connectivity index (χ0) is 15.6. The summed E-state index contributed by atoms with van der Waals surface area (Å²) in [4.78, 5) is 18.7. The van der Waals surface area contributed by atoms with Gasteiger partial charge in [0, 0.05) is 30.9 Å². The highest BCUT2D eigenvalue weighted by molar-refractivity contribution is 7.15. The fourth-order valence-electron chi connectivity index (χ4n) is 2.50. The van der Waals surface area contributed by atoms with Crippen molar-refractivity contribution in [3.8, 4) is 0 Å². The second-order valence-corrected chi connectivity index (χ2v) is 6.68.